The Morgan fingerprint density at radius 2 is 1.87 bits per heavy atom. The molecular formula is C12H19NO2. The molecule has 1 amide bonds. The van der Waals surface area contributed by atoms with Crippen LogP contribution in [0.2, 0.25) is 0 Å². The molecule has 2 bridgehead atoms. The molecule has 3 fully saturated rings. The number of carbonyl (C=O) groups is 1. The van der Waals surface area contributed by atoms with Gasteiger partial charge >= 0.3 is 0 Å². The van der Waals surface area contributed by atoms with E-state index in [0.29, 0.717) is 12.5 Å². The lowest BCUT2D eigenvalue weighted by Crippen LogP contribution is -2.43. The number of hydrogen-bond acceptors (Lipinski definition) is 2. The molecule has 0 aromatic carbocycles. The summed E-state index contributed by atoms with van der Waals surface area (Å²) in [6, 6.07) is 0. The van der Waals surface area contributed by atoms with Crippen molar-refractivity contribution in [2.75, 3.05) is 26.3 Å². The third-order valence-electron chi connectivity index (χ3n) is 4.20. The molecule has 3 nitrogen and oxygen atoms in total. The molecule has 1 saturated carbocycles. The molecule has 3 heteroatoms. The summed E-state index contributed by atoms with van der Waals surface area (Å²) in [5.74, 6) is 2.14. The third-order valence-corrected chi connectivity index (χ3v) is 4.20. The average Bonchev–Trinajstić information content (AvgIpc) is 2.87. The maximum absolute atomic E-state index is 12.2. The normalized spacial score (nSPS) is 39.7. The van der Waals surface area contributed by atoms with E-state index >= 15 is 0 Å². The summed E-state index contributed by atoms with van der Waals surface area (Å²) >= 11 is 0. The van der Waals surface area contributed by atoms with Crippen molar-refractivity contribution in [2.45, 2.75) is 25.7 Å². The number of amides is 1. The summed E-state index contributed by atoms with van der Waals surface area (Å²) < 4.78 is 5.29. The summed E-state index contributed by atoms with van der Waals surface area (Å²) in [7, 11) is 0. The second kappa shape index (κ2) is 3.78. The first kappa shape index (κ1) is 9.64. The van der Waals surface area contributed by atoms with Gasteiger partial charge in [0.1, 0.15) is 0 Å². The van der Waals surface area contributed by atoms with Crippen molar-refractivity contribution in [1.82, 2.24) is 4.90 Å². The standard InChI is InChI=1S/C12H19NO2/c14-12(11-3-4-15-8-11)13-6-9-1-2-10(5-9)7-13/h9-11H,1-8H2/t9-,10+,11?. The third kappa shape index (κ3) is 1.78. The summed E-state index contributed by atoms with van der Waals surface area (Å²) in [5.41, 5.74) is 0. The van der Waals surface area contributed by atoms with Gasteiger partial charge in [-0.15, -0.1) is 0 Å². The molecule has 3 atom stereocenters. The summed E-state index contributed by atoms with van der Waals surface area (Å²) in [4.78, 5) is 14.3. The lowest BCUT2D eigenvalue weighted by atomic mass is 9.97. The van der Waals surface area contributed by atoms with Crippen molar-refractivity contribution in [3.8, 4) is 0 Å². The van der Waals surface area contributed by atoms with Crippen molar-refractivity contribution in [2.24, 2.45) is 17.8 Å². The van der Waals surface area contributed by atoms with Crippen LogP contribution in [0.5, 0.6) is 0 Å². The maximum Gasteiger partial charge on any atom is 0.228 e. The largest absolute Gasteiger partial charge is 0.381 e. The van der Waals surface area contributed by atoms with Crippen LogP contribution in [0, 0.1) is 17.8 Å². The van der Waals surface area contributed by atoms with E-state index in [9.17, 15) is 4.79 Å². The van der Waals surface area contributed by atoms with Gasteiger partial charge in [-0.2, -0.15) is 0 Å². The number of rotatable bonds is 1. The number of hydrogen-bond donors (Lipinski definition) is 0. The van der Waals surface area contributed by atoms with E-state index in [4.69, 9.17) is 4.74 Å². The number of fused-ring (bicyclic) bond motifs is 2. The van der Waals surface area contributed by atoms with Gasteiger partial charge in [-0.05, 0) is 37.5 Å². The van der Waals surface area contributed by atoms with E-state index in [2.05, 4.69) is 4.90 Å². The van der Waals surface area contributed by atoms with E-state index in [1.165, 1.54) is 19.3 Å². The molecule has 0 radical (unpaired) electrons. The quantitative estimate of drug-likeness (QED) is 0.651. The van der Waals surface area contributed by atoms with Crippen LogP contribution >= 0.6 is 0 Å². The highest BCUT2D eigenvalue weighted by atomic mass is 16.5. The first-order chi connectivity index (χ1) is 7.33. The van der Waals surface area contributed by atoms with Crippen molar-refractivity contribution in [1.29, 1.82) is 0 Å². The Morgan fingerprint density at radius 1 is 1.13 bits per heavy atom. The monoisotopic (exact) mass is 209 g/mol. The smallest absolute Gasteiger partial charge is 0.228 e. The molecule has 0 aromatic rings. The first-order valence-electron chi connectivity index (χ1n) is 6.19. The molecule has 1 unspecified atom stereocenters. The SMILES string of the molecule is O=C(C1CCOC1)N1C[C@@H]2CC[C@@H](C2)C1. The van der Waals surface area contributed by atoms with Gasteiger partial charge in [0.25, 0.3) is 0 Å². The molecule has 2 saturated heterocycles. The number of likely N-dealkylation sites (tertiary alicyclic amines) is 1. The van der Waals surface area contributed by atoms with Gasteiger partial charge in [0.2, 0.25) is 5.91 Å². The molecule has 0 aromatic heterocycles. The van der Waals surface area contributed by atoms with Crippen LogP contribution < -0.4 is 0 Å². The molecule has 3 rings (SSSR count). The lowest BCUT2D eigenvalue weighted by molar-refractivity contribution is -0.137. The van der Waals surface area contributed by atoms with Crippen molar-refractivity contribution in [3.63, 3.8) is 0 Å². The first-order valence-corrected chi connectivity index (χ1v) is 6.19. The molecule has 1 aliphatic carbocycles. The maximum atomic E-state index is 12.2. The summed E-state index contributed by atoms with van der Waals surface area (Å²) in [6.07, 6.45) is 4.99. The van der Waals surface area contributed by atoms with Crippen LogP contribution in [-0.4, -0.2) is 37.1 Å². The van der Waals surface area contributed by atoms with Gasteiger partial charge in [0, 0.05) is 19.7 Å². The number of nitrogens with zero attached hydrogens (tertiary/aromatic N) is 1. The highest BCUT2D eigenvalue weighted by molar-refractivity contribution is 5.79. The lowest BCUT2D eigenvalue weighted by Gasteiger charge is -2.33. The van der Waals surface area contributed by atoms with E-state index in [1.54, 1.807) is 0 Å². The second-order valence-corrected chi connectivity index (χ2v) is 5.35. The van der Waals surface area contributed by atoms with Crippen LogP contribution in [0.1, 0.15) is 25.7 Å². The van der Waals surface area contributed by atoms with Crippen molar-refractivity contribution >= 4 is 5.91 Å². The van der Waals surface area contributed by atoms with Gasteiger partial charge in [0.15, 0.2) is 0 Å². The zero-order valence-electron chi connectivity index (χ0n) is 9.15. The number of carbonyl (C=O) groups excluding carboxylic acids is 1. The highest BCUT2D eigenvalue weighted by Crippen LogP contribution is 2.37. The Kier molecular flexibility index (Phi) is 2.43. The van der Waals surface area contributed by atoms with Gasteiger partial charge in [-0.3, -0.25) is 4.79 Å². The van der Waals surface area contributed by atoms with Crippen LogP contribution in [0.3, 0.4) is 0 Å². The Morgan fingerprint density at radius 3 is 2.47 bits per heavy atom. The molecular weight excluding hydrogens is 190 g/mol. The van der Waals surface area contributed by atoms with E-state index < -0.39 is 0 Å². The van der Waals surface area contributed by atoms with Crippen LogP contribution in [0.25, 0.3) is 0 Å². The van der Waals surface area contributed by atoms with Gasteiger partial charge in [0.05, 0.1) is 12.5 Å². The predicted octanol–water partition coefficient (Wildman–Crippen LogP) is 1.28. The zero-order valence-corrected chi connectivity index (χ0v) is 9.15. The zero-order chi connectivity index (χ0) is 10.3. The minimum atomic E-state index is 0.169. The van der Waals surface area contributed by atoms with E-state index in [1.807, 2.05) is 0 Å². The Hall–Kier alpha value is -0.570. The second-order valence-electron chi connectivity index (χ2n) is 5.35. The minimum Gasteiger partial charge on any atom is -0.381 e. The molecule has 0 spiro atoms. The van der Waals surface area contributed by atoms with E-state index in [0.717, 1.165) is 38.0 Å². The molecule has 3 aliphatic rings. The van der Waals surface area contributed by atoms with Gasteiger partial charge < -0.3 is 9.64 Å². The molecule has 2 heterocycles. The number of piperidine rings is 1. The van der Waals surface area contributed by atoms with Crippen LogP contribution in [0.4, 0.5) is 0 Å². The molecule has 84 valence electrons. The fourth-order valence-corrected chi connectivity index (χ4v) is 3.38. The summed E-state index contributed by atoms with van der Waals surface area (Å²) in [5, 5.41) is 0. The highest BCUT2D eigenvalue weighted by Gasteiger charge is 2.37. The summed E-state index contributed by atoms with van der Waals surface area (Å²) in [6.45, 7) is 3.47. The molecule has 2 aliphatic heterocycles. The van der Waals surface area contributed by atoms with E-state index in [-0.39, 0.29) is 5.92 Å². The predicted molar refractivity (Wildman–Crippen MR) is 56.3 cm³/mol. The van der Waals surface area contributed by atoms with Crippen LogP contribution in [0.15, 0.2) is 0 Å². The Bertz CT molecular complexity index is 248. The molecule has 15 heavy (non-hydrogen) atoms. The minimum absolute atomic E-state index is 0.169. The fourth-order valence-electron chi connectivity index (χ4n) is 3.38. The molecule has 0 N–H and O–H groups in total. The van der Waals surface area contributed by atoms with Crippen molar-refractivity contribution < 1.29 is 9.53 Å². The topological polar surface area (TPSA) is 29.5 Å². The van der Waals surface area contributed by atoms with Gasteiger partial charge in [-0.1, -0.05) is 0 Å². The Balaban J connectivity index is 1.64. The average molecular weight is 209 g/mol. The Labute approximate surface area is 90.8 Å². The van der Waals surface area contributed by atoms with Crippen molar-refractivity contribution in [3.05, 3.63) is 0 Å². The number of ether oxygens (including phenoxy) is 1. The van der Waals surface area contributed by atoms with Gasteiger partial charge in [-0.25, -0.2) is 0 Å². The fraction of sp³-hybridized carbons (Fsp3) is 0.917. The van der Waals surface area contributed by atoms with Crippen LogP contribution in [-0.2, 0) is 9.53 Å².